The van der Waals surface area contributed by atoms with Crippen molar-refractivity contribution in [3.05, 3.63) is 0 Å². The van der Waals surface area contributed by atoms with Gasteiger partial charge < -0.3 is 62.1 Å². The second kappa shape index (κ2) is 76.4. The zero-order chi connectivity index (χ0) is 17.7. The van der Waals surface area contributed by atoms with Crippen molar-refractivity contribution < 1.29 is 69.8 Å². The summed E-state index contributed by atoms with van der Waals surface area (Å²) in [7, 11) is 0. The van der Waals surface area contributed by atoms with E-state index in [1.54, 1.807) is 0 Å². The van der Waals surface area contributed by atoms with Crippen LogP contribution in [0.25, 0.3) is 0 Å². The van der Waals surface area contributed by atoms with Crippen LogP contribution in [0.15, 0.2) is 0 Å². The fourth-order valence-corrected chi connectivity index (χ4v) is 0. The molecule has 16 heteroatoms. The Hall–Kier alpha value is -1.63. The van der Waals surface area contributed by atoms with Gasteiger partial charge in [0.05, 0.1) is 0 Å². The molecule has 0 saturated carbocycles. The molecule has 0 aromatic rings. The van der Waals surface area contributed by atoms with Crippen LogP contribution in [0.1, 0.15) is 30.5 Å². The first-order chi connectivity index (χ1) is 8.84. The maximum Gasteiger partial charge on any atom is 2.00 e. The molecule has 26 heavy (non-hydrogen) atoms. The van der Waals surface area contributed by atoms with Gasteiger partial charge in [0.1, 0.15) is 0 Å². The van der Waals surface area contributed by atoms with Gasteiger partial charge in [-0.2, -0.15) is 0 Å². The van der Waals surface area contributed by atoms with E-state index in [1.807, 2.05) is 0 Å². The molecule has 0 aliphatic carbocycles. The Morgan fingerprint density at radius 1 is 0.577 bits per heavy atom. The minimum absolute atomic E-state index is 0. The molecule has 0 rings (SSSR count). The first-order valence-electron chi connectivity index (χ1n) is 5.03. The zero-order valence-corrected chi connectivity index (χ0v) is 16.6. The molecule has 0 aromatic carbocycles. The van der Waals surface area contributed by atoms with Crippen molar-refractivity contribution in [3.8, 4) is 0 Å². The van der Waals surface area contributed by atoms with E-state index in [0.29, 0.717) is 13.1 Å². The Bertz CT molecular complexity index is 212. The molecule has 0 heterocycles. The molecular formula is C10H36MgN2O13. The van der Waals surface area contributed by atoms with E-state index in [9.17, 15) is 0 Å². The molecule has 166 valence electrons. The van der Waals surface area contributed by atoms with E-state index in [0.717, 1.165) is 27.7 Å². The van der Waals surface area contributed by atoms with E-state index < -0.39 is 23.9 Å². The predicted molar refractivity (Wildman–Crippen MR) is 97.4 cm³/mol. The summed E-state index contributed by atoms with van der Waals surface area (Å²) in [6, 6.07) is 0. The first-order valence-corrected chi connectivity index (χ1v) is 5.03. The molecule has 15 nitrogen and oxygen atoms in total. The minimum Gasteiger partial charge on any atom is -1.00 e. The molecule has 0 spiro atoms. The number of carboxylic acids is 4. The monoisotopic (exact) mass is 416 g/mol. The van der Waals surface area contributed by atoms with Crippen LogP contribution in [0.5, 0.6) is 0 Å². The summed E-state index contributed by atoms with van der Waals surface area (Å²) in [4.78, 5) is 36.0. The zero-order valence-electron chi connectivity index (χ0n) is 17.2. The quantitative estimate of drug-likeness (QED) is 0.220. The topological polar surface area (TPSA) is 359 Å². The van der Waals surface area contributed by atoms with E-state index in [-0.39, 0.29) is 53.3 Å². The number of hydrogen-bond donors (Lipinski definition) is 6. The molecule has 0 radical (unpaired) electrons. The van der Waals surface area contributed by atoms with Crippen LogP contribution in [0, 0.1) is 0 Å². The normalized spacial score (nSPS) is 5.00. The number of carbonyl (C=O) groups is 4. The number of aliphatic carboxylic acids is 4. The van der Waals surface area contributed by atoms with Gasteiger partial charge in [-0.3, -0.25) is 19.2 Å². The molecule has 0 saturated heterocycles. The second-order valence-electron chi connectivity index (χ2n) is 2.65. The van der Waals surface area contributed by atoms with Gasteiger partial charge in [0.15, 0.2) is 0 Å². The summed E-state index contributed by atoms with van der Waals surface area (Å²) in [5.41, 5.74) is 9.81. The maximum atomic E-state index is 9.00. The summed E-state index contributed by atoms with van der Waals surface area (Å²) >= 11 is 0. The average molecular weight is 417 g/mol. The summed E-state index contributed by atoms with van der Waals surface area (Å²) in [6.45, 7) is 5.53. The van der Waals surface area contributed by atoms with Crippen LogP contribution in [0.4, 0.5) is 0 Å². The maximum absolute atomic E-state index is 9.00. The van der Waals surface area contributed by atoms with Gasteiger partial charge in [0.25, 0.3) is 23.9 Å². The predicted octanol–water partition coefficient (Wildman–Crippen LogP) is -5.01. The van der Waals surface area contributed by atoms with Crippen molar-refractivity contribution in [2.75, 3.05) is 13.1 Å². The van der Waals surface area contributed by atoms with Gasteiger partial charge in [-0.1, -0.05) is 0 Å². The molecule has 0 bridgehead atoms. The van der Waals surface area contributed by atoms with Crippen LogP contribution in [-0.4, -0.2) is 108 Å². The third-order valence-corrected chi connectivity index (χ3v) is 0.167. The first kappa shape index (κ1) is 74.5. The van der Waals surface area contributed by atoms with Gasteiger partial charge in [-0.05, 0) is 0 Å². The summed E-state index contributed by atoms with van der Waals surface area (Å²) in [5, 5.41) is 29.7. The largest absolute Gasteiger partial charge is 2.00 e. The van der Waals surface area contributed by atoms with Crippen molar-refractivity contribution in [2.24, 2.45) is 11.5 Å². The Morgan fingerprint density at radius 2 is 0.615 bits per heavy atom. The van der Waals surface area contributed by atoms with Gasteiger partial charge in [0, 0.05) is 40.8 Å². The van der Waals surface area contributed by atoms with E-state index >= 15 is 0 Å². The minimum atomic E-state index is -0.833. The van der Waals surface area contributed by atoms with Crippen LogP contribution < -0.4 is 11.5 Å². The van der Waals surface area contributed by atoms with Crippen molar-refractivity contribution >= 4 is 46.9 Å². The van der Waals surface area contributed by atoms with E-state index in [4.69, 9.17) is 51.1 Å². The van der Waals surface area contributed by atoms with Gasteiger partial charge >= 0.3 is 23.1 Å². The third kappa shape index (κ3) is 25400. The molecular weight excluding hydrogens is 380 g/mol. The smallest absolute Gasteiger partial charge is 1.00 e. The van der Waals surface area contributed by atoms with Crippen molar-refractivity contribution in [3.63, 3.8) is 0 Å². The van der Waals surface area contributed by atoms with E-state index in [2.05, 4.69) is 0 Å². The van der Waals surface area contributed by atoms with Crippen molar-refractivity contribution in [2.45, 2.75) is 27.7 Å². The number of hydrogen-bond acceptors (Lipinski definition) is 6. The molecule has 0 aliphatic rings. The molecule has 0 aliphatic heterocycles. The van der Waals surface area contributed by atoms with Crippen LogP contribution >= 0.6 is 0 Å². The molecule has 0 amide bonds. The summed E-state index contributed by atoms with van der Waals surface area (Å²) in [6.07, 6.45) is 0. The van der Waals surface area contributed by atoms with Crippen LogP contribution in [-0.2, 0) is 19.2 Å². The third-order valence-electron chi connectivity index (χ3n) is 0.167. The average Bonchev–Trinajstić information content (AvgIpc) is 2.13. The van der Waals surface area contributed by atoms with E-state index in [1.165, 1.54) is 0 Å². The summed E-state index contributed by atoms with van der Waals surface area (Å²) < 4.78 is 0. The van der Waals surface area contributed by atoms with Gasteiger partial charge in [0.2, 0.25) is 0 Å². The Labute approximate surface area is 169 Å². The van der Waals surface area contributed by atoms with Crippen LogP contribution in [0.2, 0.25) is 0 Å². The fourth-order valence-electron chi connectivity index (χ4n) is 0. The standard InChI is InChI=1S/C2H8N2.4C2H4O2.Mg.5H2O.2H/c3-1-2-4;4*1-2(3)4;;;;;;;;/h1-4H2;4*1H3,(H,3,4);;5*1H2;;/q;;;;;+2;;;;;;2*-1. The number of rotatable bonds is 1. The van der Waals surface area contributed by atoms with Crippen LogP contribution in [0.3, 0.4) is 0 Å². The Morgan fingerprint density at radius 3 is 0.615 bits per heavy atom. The molecule has 0 unspecified atom stereocenters. The molecule has 0 atom stereocenters. The van der Waals surface area contributed by atoms with Crippen molar-refractivity contribution in [1.82, 2.24) is 0 Å². The van der Waals surface area contributed by atoms with Crippen molar-refractivity contribution in [1.29, 1.82) is 0 Å². The SMILES string of the molecule is CC(=O)O.CC(=O)O.CC(=O)O.CC(=O)O.NCCN.O.O.O.O.O.[H-].[H-].[Mg+2]. The fraction of sp³-hybridized carbons (Fsp3) is 0.600. The van der Waals surface area contributed by atoms with Gasteiger partial charge in [-0.15, -0.1) is 0 Å². The Kier molecular flexibility index (Phi) is 219. The molecule has 18 N–H and O–H groups in total. The van der Waals surface area contributed by atoms with Gasteiger partial charge in [-0.25, -0.2) is 0 Å². The summed E-state index contributed by atoms with van der Waals surface area (Å²) in [5.74, 6) is -3.33. The second-order valence-corrected chi connectivity index (χ2v) is 2.65. The molecule has 0 fully saturated rings. The molecule has 0 aromatic heterocycles. The number of carboxylic acid groups (broad SMARTS) is 4. The Balaban J connectivity index is -0.00000000852. The number of nitrogens with two attached hydrogens (primary N) is 2.